The molecule has 1 aromatic heterocycles. The van der Waals surface area contributed by atoms with Crippen LogP contribution in [0.25, 0.3) is 0 Å². The molecule has 0 saturated heterocycles. The fourth-order valence-electron chi connectivity index (χ4n) is 2.06. The van der Waals surface area contributed by atoms with E-state index in [1.54, 1.807) is 0 Å². The highest BCUT2D eigenvalue weighted by molar-refractivity contribution is 5.22. The maximum atomic E-state index is 12.8. The molecule has 0 bridgehead atoms. The second kappa shape index (κ2) is 7.04. The third kappa shape index (κ3) is 4.18. The Kier molecular flexibility index (Phi) is 5.95. The minimum absolute atomic E-state index is 0.0148. The summed E-state index contributed by atoms with van der Waals surface area (Å²) in [4.78, 5) is 3.80. The Morgan fingerprint density at radius 1 is 1.25 bits per heavy atom. The molecule has 0 amide bonds. The van der Waals surface area contributed by atoms with Crippen LogP contribution in [-0.4, -0.2) is 23.2 Å². The fraction of sp³-hybridized carbons (Fsp3) is 0.643. The van der Waals surface area contributed by atoms with Crippen LogP contribution >= 0.6 is 0 Å². The summed E-state index contributed by atoms with van der Waals surface area (Å²) < 4.78 is 38.4. The van der Waals surface area contributed by atoms with Crippen molar-refractivity contribution in [2.24, 2.45) is 5.41 Å². The lowest BCUT2D eigenvalue weighted by Gasteiger charge is -2.29. The Balaban J connectivity index is 2.72. The average Bonchev–Trinajstić information content (AvgIpc) is 2.43. The molecule has 0 fully saturated rings. The Bertz CT molecular complexity index is 409. The number of aromatic nitrogens is 1. The van der Waals surface area contributed by atoms with Crippen LogP contribution in [0.1, 0.15) is 37.9 Å². The summed E-state index contributed by atoms with van der Waals surface area (Å²) in [5, 5.41) is 12.4. The third-order valence-electron chi connectivity index (χ3n) is 3.82. The Morgan fingerprint density at radius 3 is 2.40 bits per heavy atom. The van der Waals surface area contributed by atoms with Crippen LogP contribution in [0.4, 0.5) is 13.2 Å². The van der Waals surface area contributed by atoms with E-state index in [9.17, 15) is 18.3 Å². The van der Waals surface area contributed by atoms with Crippen LogP contribution in [0.2, 0.25) is 0 Å². The van der Waals surface area contributed by atoms with E-state index in [0.717, 1.165) is 18.9 Å². The Labute approximate surface area is 117 Å². The summed E-state index contributed by atoms with van der Waals surface area (Å²) in [6.45, 7) is 4.44. The molecule has 1 aromatic rings. The van der Waals surface area contributed by atoms with E-state index in [-0.39, 0.29) is 24.3 Å². The minimum Gasteiger partial charge on any atom is -0.396 e. The zero-order valence-corrected chi connectivity index (χ0v) is 11.8. The first-order valence-corrected chi connectivity index (χ1v) is 6.71. The number of alkyl halides is 3. The lowest BCUT2D eigenvalue weighted by molar-refractivity contribution is -0.138. The number of aliphatic hydroxyl groups is 1. The molecule has 1 heterocycles. The van der Waals surface area contributed by atoms with E-state index >= 15 is 0 Å². The summed E-state index contributed by atoms with van der Waals surface area (Å²) in [7, 11) is 0. The molecule has 0 radical (unpaired) electrons. The quantitative estimate of drug-likeness (QED) is 0.811. The van der Waals surface area contributed by atoms with Crippen molar-refractivity contribution in [3.8, 4) is 0 Å². The van der Waals surface area contributed by atoms with Crippen LogP contribution < -0.4 is 5.32 Å². The number of pyridine rings is 1. The summed E-state index contributed by atoms with van der Waals surface area (Å²) in [6, 6.07) is 2.31. The Hall–Kier alpha value is -1.14. The highest BCUT2D eigenvalue weighted by Gasteiger charge is 2.33. The zero-order chi connectivity index (χ0) is 15.2. The van der Waals surface area contributed by atoms with Gasteiger partial charge < -0.3 is 10.4 Å². The molecule has 0 unspecified atom stereocenters. The monoisotopic (exact) mass is 290 g/mol. The first kappa shape index (κ1) is 16.9. The van der Waals surface area contributed by atoms with Crippen LogP contribution in [-0.2, 0) is 12.7 Å². The van der Waals surface area contributed by atoms with Crippen molar-refractivity contribution in [3.05, 3.63) is 29.6 Å². The van der Waals surface area contributed by atoms with Crippen molar-refractivity contribution in [2.75, 3.05) is 13.2 Å². The van der Waals surface area contributed by atoms with Gasteiger partial charge in [-0.15, -0.1) is 0 Å². The standard InChI is InChI=1S/C14H21F3N2O/c1-3-13(4-2,10-20)9-18-8-12-11(14(15,16)17)6-5-7-19-12/h5-7,18,20H,3-4,8-10H2,1-2H3. The molecule has 1 rings (SSSR count). The molecule has 6 heteroatoms. The second-order valence-corrected chi connectivity index (χ2v) is 4.96. The third-order valence-corrected chi connectivity index (χ3v) is 3.82. The molecule has 114 valence electrons. The zero-order valence-electron chi connectivity index (χ0n) is 11.8. The van der Waals surface area contributed by atoms with Gasteiger partial charge in [0.1, 0.15) is 0 Å². The summed E-state index contributed by atoms with van der Waals surface area (Å²) >= 11 is 0. The largest absolute Gasteiger partial charge is 0.418 e. The first-order chi connectivity index (χ1) is 9.38. The average molecular weight is 290 g/mol. The van der Waals surface area contributed by atoms with E-state index in [4.69, 9.17) is 0 Å². The first-order valence-electron chi connectivity index (χ1n) is 6.71. The van der Waals surface area contributed by atoms with Gasteiger partial charge in [0.2, 0.25) is 0 Å². The van der Waals surface area contributed by atoms with Gasteiger partial charge in [0.05, 0.1) is 11.3 Å². The predicted octanol–water partition coefficient (Wildman–Crippen LogP) is 2.99. The molecule has 0 aliphatic rings. The van der Waals surface area contributed by atoms with Crippen molar-refractivity contribution in [3.63, 3.8) is 0 Å². The number of aliphatic hydroxyl groups excluding tert-OH is 1. The van der Waals surface area contributed by atoms with E-state index in [1.165, 1.54) is 12.3 Å². The number of hydrogen-bond acceptors (Lipinski definition) is 3. The lowest BCUT2D eigenvalue weighted by Crippen LogP contribution is -2.36. The van der Waals surface area contributed by atoms with Gasteiger partial charge in [-0.1, -0.05) is 13.8 Å². The van der Waals surface area contributed by atoms with Gasteiger partial charge in [-0.3, -0.25) is 4.98 Å². The molecule has 2 N–H and O–H groups in total. The van der Waals surface area contributed by atoms with Crippen molar-refractivity contribution in [1.82, 2.24) is 10.3 Å². The van der Waals surface area contributed by atoms with Crippen molar-refractivity contribution in [1.29, 1.82) is 0 Å². The van der Waals surface area contributed by atoms with Gasteiger partial charge in [0.15, 0.2) is 0 Å². The molecule has 20 heavy (non-hydrogen) atoms. The number of rotatable bonds is 7. The van der Waals surface area contributed by atoms with Crippen LogP contribution in [0, 0.1) is 5.41 Å². The molecule has 0 aliphatic heterocycles. The van der Waals surface area contributed by atoms with Crippen LogP contribution in [0.3, 0.4) is 0 Å². The van der Waals surface area contributed by atoms with Crippen molar-refractivity contribution < 1.29 is 18.3 Å². The summed E-state index contributed by atoms with van der Waals surface area (Å²) in [6.07, 6.45) is -1.51. The number of hydrogen-bond donors (Lipinski definition) is 2. The van der Waals surface area contributed by atoms with E-state index < -0.39 is 11.7 Å². The lowest BCUT2D eigenvalue weighted by atomic mass is 9.83. The Morgan fingerprint density at radius 2 is 1.90 bits per heavy atom. The van der Waals surface area contributed by atoms with Crippen molar-refractivity contribution >= 4 is 0 Å². The SMILES string of the molecule is CCC(CC)(CO)CNCc1ncccc1C(F)(F)F. The topological polar surface area (TPSA) is 45.1 Å². The van der Waals surface area contributed by atoms with E-state index in [0.29, 0.717) is 6.54 Å². The predicted molar refractivity (Wildman–Crippen MR) is 71.0 cm³/mol. The highest BCUT2D eigenvalue weighted by atomic mass is 19.4. The molecule has 0 spiro atoms. The smallest absolute Gasteiger partial charge is 0.396 e. The molecule has 0 aromatic carbocycles. The van der Waals surface area contributed by atoms with Gasteiger partial charge in [-0.05, 0) is 25.0 Å². The maximum absolute atomic E-state index is 12.8. The van der Waals surface area contributed by atoms with Gasteiger partial charge in [0.25, 0.3) is 0 Å². The van der Waals surface area contributed by atoms with Crippen molar-refractivity contribution in [2.45, 2.75) is 39.4 Å². The van der Waals surface area contributed by atoms with Gasteiger partial charge in [-0.2, -0.15) is 13.2 Å². The van der Waals surface area contributed by atoms with E-state index in [1.807, 2.05) is 13.8 Å². The van der Waals surface area contributed by atoms with Crippen LogP contribution in [0.15, 0.2) is 18.3 Å². The normalized spacial score (nSPS) is 12.7. The fourth-order valence-corrected chi connectivity index (χ4v) is 2.06. The van der Waals surface area contributed by atoms with E-state index in [2.05, 4.69) is 10.3 Å². The maximum Gasteiger partial charge on any atom is 0.418 e. The summed E-state index contributed by atoms with van der Waals surface area (Å²) in [5.41, 5.74) is -1.01. The number of nitrogens with one attached hydrogen (secondary N) is 1. The second-order valence-electron chi connectivity index (χ2n) is 4.96. The number of nitrogens with zero attached hydrogens (tertiary/aromatic N) is 1. The van der Waals surface area contributed by atoms with Gasteiger partial charge in [-0.25, -0.2) is 0 Å². The van der Waals surface area contributed by atoms with Gasteiger partial charge >= 0.3 is 6.18 Å². The van der Waals surface area contributed by atoms with Crippen LogP contribution in [0.5, 0.6) is 0 Å². The molecule has 0 aliphatic carbocycles. The molecule has 3 nitrogen and oxygen atoms in total. The molecular formula is C14H21F3N2O. The van der Waals surface area contributed by atoms with Gasteiger partial charge in [0, 0.05) is 31.3 Å². The number of halogens is 3. The molecule has 0 atom stereocenters. The minimum atomic E-state index is -4.39. The highest BCUT2D eigenvalue weighted by Crippen LogP contribution is 2.31. The summed E-state index contributed by atoms with van der Waals surface area (Å²) in [5.74, 6) is 0. The molecule has 0 saturated carbocycles. The molecular weight excluding hydrogens is 269 g/mol.